The Labute approximate surface area is 217 Å². The number of anilines is 2. The van der Waals surface area contributed by atoms with E-state index in [0.29, 0.717) is 31.0 Å². The molecule has 6 rings (SSSR count). The maximum Gasteiger partial charge on any atom is 0.322 e. The molecule has 2 aromatic carbocycles. The maximum atomic E-state index is 13.1. The van der Waals surface area contributed by atoms with Crippen LogP contribution < -0.4 is 15.5 Å². The first-order valence-electron chi connectivity index (χ1n) is 12.9. The van der Waals surface area contributed by atoms with E-state index in [1.165, 1.54) is 5.56 Å². The van der Waals surface area contributed by atoms with E-state index in [2.05, 4.69) is 69.9 Å². The molecule has 3 aromatic rings. The highest BCUT2D eigenvalue weighted by Gasteiger charge is 2.50. The van der Waals surface area contributed by atoms with E-state index in [1.54, 1.807) is 17.3 Å². The summed E-state index contributed by atoms with van der Waals surface area (Å²) in [6.07, 6.45) is 7.55. The molecule has 190 valence electrons. The van der Waals surface area contributed by atoms with Gasteiger partial charge < -0.3 is 10.6 Å². The molecule has 2 amide bonds. The molecule has 1 saturated carbocycles. The van der Waals surface area contributed by atoms with Gasteiger partial charge in [0, 0.05) is 23.2 Å². The lowest BCUT2D eigenvalue weighted by Crippen LogP contribution is -2.54. The van der Waals surface area contributed by atoms with Gasteiger partial charge in [-0.2, -0.15) is 0 Å². The normalized spacial score (nSPS) is 25.2. The number of carbonyl (C=O) groups excluding carboxylic acids is 2. The molecule has 0 bridgehead atoms. The molecular weight excluding hydrogens is 464 g/mol. The largest absolute Gasteiger partial charge is 0.378 e. The molecule has 1 saturated heterocycles. The van der Waals surface area contributed by atoms with Crippen molar-refractivity contribution >= 4 is 23.2 Å². The molecule has 1 aliphatic carbocycles. The van der Waals surface area contributed by atoms with Crippen LogP contribution in [0.3, 0.4) is 0 Å². The van der Waals surface area contributed by atoms with Crippen LogP contribution in [0.15, 0.2) is 60.9 Å². The minimum Gasteiger partial charge on any atom is -0.378 e. The Balaban J connectivity index is 1.20. The zero-order chi connectivity index (χ0) is 25.6. The summed E-state index contributed by atoms with van der Waals surface area (Å²) in [6, 6.07) is 16.5. The summed E-state index contributed by atoms with van der Waals surface area (Å²) in [6.45, 7) is 0.953. The van der Waals surface area contributed by atoms with Crippen molar-refractivity contribution in [3.63, 3.8) is 0 Å². The highest BCUT2D eigenvalue weighted by Crippen LogP contribution is 2.46. The van der Waals surface area contributed by atoms with Crippen molar-refractivity contribution in [2.75, 3.05) is 37.4 Å². The molecule has 0 unspecified atom stereocenters. The van der Waals surface area contributed by atoms with Crippen LogP contribution in [0.4, 0.5) is 16.2 Å². The summed E-state index contributed by atoms with van der Waals surface area (Å²) in [4.78, 5) is 38.4. The number of amides is 2. The van der Waals surface area contributed by atoms with E-state index < -0.39 is 0 Å². The fourth-order valence-electron chi connectivity index (χ4n) is 6.29. The van der Waals surface area contributed by atoms with Crippen LogP contribution in [0.25, 0.3) is 11.4 Å². The summed E-state index contributed by atoms with van der Waals surface area (Å²) in [5, 5.41) is 6.48. The average molecular weight is 497 g/mol. The minimum atomic E-state index is -0.255. The lowest BCUT2D eigenvalue weighted by molar-refractivity contribution is -0.117. The van der Waals surface area contributed by atoms with Gasteiger partial charge >= 0.3 is 6.03 Å². The Morgan fingerprint density at radius 3 is 2.35 bits per heavy atom. The third-order valence-electron chi connectivity index (χ3n) is 8.50. The summed E-state index contributed by atoms with van der Waals surface area (Å²) < 4.78 is 0. The maximum absolute atomic E-state index is 13.1. The van der Waals surface area contributed by atoms with Crippen molar-refractivity contribution in [3.05, 3.63) is 72.1 Å². The van der Waals surface area contributed by atoms with Gasteiger partial charge in [-0.05, 0) is 57.0 Å². The zero-order valence-corrected chi connectivity index (χ0v) is 21.3. The molecule has 37 heavy (non-hydrogen) atoms. The van der Waals surface area contributed by atoms with Gasteiger partial charge in [-0.15, -0.1) is 0 Å². The highest BCUT2D eigenvalue weighted by atomic mass is 16.2. The molecule has 2 aliphatic heterocycles. The number of Topliss-reactive ketones (excluding diaryl/α,β-unsaturated/α-hetero) is 1. The molecule has 2 fully saturated rings. The van der Waals surface area contributed by atoms with Gasteiger partial charge in [0.1, 0.15) is 0 Å². The third kappa shape index (κ3) is 4.05. The standard InChI is InChI=1S/C29H32N6O2/c1-34(2)29(20-7-4-3-5-8-20)13-11-28(12-14-29)19-35(27(37)33-28)21-16-31-26(32-17-21)23-9-6-10-25-24(23)15-22(36)18-30-25/h3-10,16-17,30H,11-15,18-19H2,1-2H3,(H,33,37). The van der Waals surface area contributed by atoms with Gasteiger partial charge in [0.25, 0.3) is 0 Å². The lowest BCUT2D eigenvalue weighted by Gasteiger charge is -2.48. The second kappa shape index (κ2) is 8.95. The predicted molar refractivity (Wildman–Crippen MR) is 144 cm³/mol. The van der Waals surface area contributed by atoms with Crippen LogP contribution in [-0.4, -0.2) is 59.4 Å². The quantitative estimate of drug-likeness (QED) is 0.568. The van der Waals surface area contributed by atoms with Gasteiger partial charge in [-0.25, -0.2) is 14.8 Å². The van der Waals surface area contributed by atoms with Crippen LogP contribution in [0.1, 0.15) is 36.8 Å². The molecule has 8 heteroatoms. The van der Waals surface area contributed by atoms with Crippen molar-refractivity contribution in [1.82, 2.24) is 20.2 Å². The van der Waals surface area contributed by atoms with E-state index in [-0.39, 0.29) is 22.9 Å². The molecular formula is C29H32N6O2. The molecule has 3 aliphatic rings. The topological polar surface area (TPSA) is 90.5 Å². The highest BCUT2D eigenvalue weighted by molar-refractivity contribution is 5.95. The summed E-state index contributed by atoms with van der Waals surface area (Å²) in [7, 11) is 4.30. The van der Waals surface area contributed by atoms with Gasteiger partial charge in [-0.3, -0.25) is 14.6 Å². The molecule has 3 heterocycles. The van der Waals surface area contributed by atoms with Crippen molar-refractivity contribution in [2.45, 2.75) is 43.2 Å². The van der Waals surface area contributed by atoms with E-state index in [4.69, 9.17) is 0 Å². The van der Waals surface area contributed by atoms with Gasteiger partial charge in [0.15, 0.2) is 11.6 Å². The van der Waals surface area contributed by atoms with Crippen molar-refractivity contribution in [1.29, 1.82) is 0 Å². The number of hydrogen-bond acceptors (Lipinski definition) is 6. The van der Waals surface area contributed by atoms with Crippen LogP contribution in [-0.2, 0) is 16.8 Å². The third-order valence-corrected chi connectivity index (χ3v) is 8.50. The second-order valence-electron chi connectivity index (χ2n) is 10.8. The summed E-state index contributed by atoms with van der Waals surface area (Å²) in [5.41, 5.74) is 4.46. The van der Waals surface area contributed by atoms with Crippen LogP contribution in [0.2, 0.25) is 0 Å². The Kier molecular flexibility index (Phi) is 5.71. The number of aromatic nitrogens is 2. The minimum absolute atomic E-state index is 0.0273. The lowest BCUT2D eigenvalue weighted by atomic mass is 9.69. The first-order valence-corrected chi connectivity index (χ1v) is 12.9. The zero-order valence-electron chi connectivity index (χ0n) is 21.3. The molecule has 0 atom stereocenters. The Morgan fingerprint density at radius 1 is 0.919 bits per heavy atom. The van der Waals surface area contributed by atoms with Crippen molar-refractivity contribution in [3.8, 4) is 11.4 Å². The number of benzene rings is 2. The van der Waals surface area contributed by atoms with Gasteiger partial charge in [-0.1, -0.05) is 42.5 Å². The number of carbonyl (C=O) groups is 2. The van der Waals surface area contributed by atoms with Crippen LogP contribution in [0, 0.1) is 0 Å². The van der Waals surface area contributed by atoms with Crippen LogP contribution >= 0.6 is 0 Å². The van der Waals surface area contributed by atoms with E-state index in [9.17, 15) is 9.59 Å². The predicted octanol–water partition coefficient (Wildman–Crippen LogP) is 3.98. The second-order valence-corrected chi connectivity index (χ2v) is 10.8. The summed E-state index contributed by atoms with van der Waals surface area (Å²) in [5.74, 6) is 0.705. The van der Waals surface area contributed by atoms with Gasteiger partial charge in [0.05, 0.1) is 36.7 Å². The SMILES string of the molecule is CN(C)C1(c2ccccc2)CCC2(CC1)CN(c1cnc(-c3cccc4c3CC(=O)CN4)nc1)C(=O)N2. The first kappa shape index (κ1) is 23.6. The smallest absolute Gasteiger partial charge is 0.322 e. The number of urea groups is 1. The number of ketones is 1. The fourth-order valence-corrected chi connectivity index (χ4v) is 6.29. The summed E-state index contributed by atoms with van der Waals surface area (Å²) >= 11 is 0. The van der Waals surface area contributed by atoms with E-state index in [1.807, 2.05) is 18.2 Å². The van der Waals surface area contributed by atoms with Crippen molar-refractivity contribution < 1.29 is 9.59 Å². The molecule has 0 radical (unpaired) electrons. The first-order chi connectivity index (χ1) is 17.9. The number of nitrogens with one attached hydrogen (secondary N) is 2. The Morgan fingerprint density at radius 2 is 1.65 bits per heavy atom. The molecule has 8 nitrogen and oxygen atoms in total. The molecule has 1 aromatic heterocycles. The number of nitrogens with zero attached hydrogens (tertiary/aromatic N) is 4. The number of fused-ring (bicyclic) bond motifs is 1. The monoisotopic (exact) mass is 496 g/mol. The van der Waals surface area contributed by atoms with E-state index in [0.717, 1.165) is 42.5 Å². The fraction of sp³-hybridized carbons (Fsp3) is 0.379. The number of hydrogen-bond donors (Lipinski definition) is 2. The number of rotatable bonds is 4. The van der Waals surface area contributed by atoms with E-state index >= 15 is 0 Å². The van der Waals surface area contributed by atoms with Gasteiger partial charge in [0.2, 0.25) is 0 Å². The molecule has 1 spiro atoms. The Hall–Kier alpha value is -3.78. The average Bonchev–Trinajstić information content (AvgIpc) is 3.24. The Bertz CT molecular complexity index is 1330. The van der Waals surface area contributed by atoms with Crippen molar-refractivity contribution in [2.24, 2.45) is 0 Å². The molecule has 2 N–H and O–H groups in total. The van der Waals surface area contributed by atoms with Crippen LogP contribution in [0.5, 0.6) is 0 Å².